The van der Waals surface area contributed by atoms with Crippen molar-refractivity contribution in [3.8, 4) is 5.82 Å². The first kappa shape index (κ1) is 19.5. The van der Waals surface area contributed by atoms with Crippen molar-refractivity contribution in [2.75, 3.05) is 11.6 Å². The van der Waals surface area contributed by atoms with Gasteiger partial charge >= 0.3 is 5.69 Å². The van der Waals surface area contributed by atoms with Gasteiger partial charge in [0.1, 0.15) is 10.6 Å². The highest BCUT2D eigenvalue weighted by atomic mass is 32.2. The normalized spacial score (nSPS) is 11.4. The molecule has 0 amide bonds. The molecule has 0 aliphatic heterocycles. The van der Waals surface area contributed by atoms with Gasteiger partial charge in [0, 0.05) is 24.7 Å². The second-order valence-electron chi connectivity index (χ2n) is 6.40. The number of para-hydroxylation sites is 1. The zero-order chi connectivity index (χ0) is 20.5. The predicted octanol–water partition coefficient (Wildman–Crippen LogP) is 2.81. The van der Waals surface area contributed by atoms with E-state index in [0.717, 1.165) is 23.2 Å². The number of benzene rings is 1. The fraction of sp³-hybridized carbons (Fsp3) is 0.222. The summed E-state index contributed by atoms with van der Waals surface area (Å²) in [6.07, 6.45) is 2.59. The lowest BCUT2D eigenvalue weighted by molar-refractivity contribution is -0.386. The molecule has 0 saturated heterocycles. The molecule has 0 atom stereocenters. The van der Waals surface area contributed by atoms with Crippen molar-refractivity contribution < 1.29 is 13.3 Å². The van der Waals surface area contributed by atoms with E-state index in [1.807, 2.05) is 26.0 Å². The molecule has 3 rings (SSSR count). The summed E-state index contributed by atoms with van der Waals surface area (Å²) in [6, 6.07) is 9.75. The van der Waals surface area contributed by atoms with Crippen LogP contribution in [0.2, 0.25) is 0 Å². The largest absolute Gasteiger partial charge is 0.375 e. The van der Waals surface area contributed by atoms with Crippen molar-refractivity contribution in [2.24, 2.45) is 0 Å². The number of aryl methyl sites for hydroxylation is 2. The average molecular weight is 401 g/mol. The molecule has 9 nitrogen and oxygen atoms in total. The van der Waals surface area contributed by atoms with Crippen LogP contribution in [-0.2, 0) is 16.4 Å². The van der Waals surface area contributed by atoms with E-state index in [-0.39, 0.29) is 17.1 Å². The fourth-order valence-electron chi connectivity index (χ4n) is 2.86. The first-order chi connectivity index (χ1) is 13.2. The van der Waals surface area contributed by atoms with Gasteiger partial charge < -0.3 is 5.32 Å². The van der Waals surface area contributed by atoms with Crippen LogP contribution in [-0.4, -0.2) is 34.4 Å². The maximum Gasteiger partial charge on any atom is 0.310 e. The number of rotatable bonds is 6. The van der Waals surface area contributed by atoms with Gasteiger partial charge in [0.15, 0.2) is 15.7 Å². The maximum absolute atomic E-state index is 11.8. The summed E-state index contributed by atoms with van der Waals surface area (Å²) in [4.78, 5) is 14.8. The molecule has 0 unspecified atom stereocenters. The SMILES string of the molecule is Cc1cc(C)n(-c2ccc(CNc3cccc(S(C)(=O)=O)c3[N+](=O)[O-])cn2)n1. The van der Waals surface area contributed by atoms with Crippen LogP contribution < -0.4 is 5.32 Å². The van der Waals surface area contributed by atoms with E-state index in [1.54, 1.807) is 16.9 Å². The van der Waals surface area contributed by atoms with Gasteiger partial charge in [-0.15, -0.1) is 0 Å². The van der Waals surface area contributed by atoms with E-state index in [9.17, 15) is 18.5 Å². The molecule has 0 bridgehead atoms. The Hall–Kier alpha value is -3.27. The molecular formula is C18H19N5O4S. The van der Waals surface area contributed by atoms with Crippen LogP contribution >= 0.6 is 0 Å². The average Bonchev–Trinajstić information content (AvgIpc) is 2.97. The van der Waals surface area contributed by atoms with E-state index in [2.05, 4.69) is 15.4 Å². The lowest BCUT2D eigenvalue weighted by Crippen LogP contribution is -2.08. The van der Waals surface area contributed by atoms with Gasteiger partial charge in [-0.3, -0.25) is 10.1 Å². The van der Waals surface area contributed by atoms with Gasteiger partial charge in [-0.25, -0.2) is 18.1 Å². The molecule has 2 heterocycles. The summed E-state index contributed by atoms with van der Waals surface area (Å²) in [7, 11) is -3.73. The third-order valence-corrected chi connectivity index (χ3v) is 5.23. The molecule has 0 spiro atoms. The van der Waals surface area contributed by atoms with E-state index in [0.29, 0.717) is 5.82 Å². The molecule has 3 aromatic rings. The zero-order valence-electron chi connectivity index (χ0n) is 15.6. The number of pyridine rings is 1. The Balaban J connectivity index is 1.83. The number of nitrogens with one attached hydrogen (secondary N) is 1. The first-order valence-corrected chi connectivity index (χ1v) is 10.3. The van der Waals surface area contributed by atoms with Gasteiger partial charge in [-0.2, -0.15) is 5.10 Å². The van der Waals surface area contributed by atoms with Crippen molar-refractivity contribution in [3.63, 3.8) is 0 Å². The molecule has 28 heavy (non-hydrogen) atoms. The summed E-state index contributed by atoms with van der Waals surface area (Å²) in [5, 5.41) is 18.7. The Labute approximate surface area is 162 Å². The number of nitro groups is 1. The van der Waals surface area contributed by atoms with E-state index >= 15 is 0 Å². The van der Waals surface area contributed by atoms with Crippen molar-refractivity contribution in [1.82, 2.24) is 14.8 Å². The fourth-order valence-corrected chi connectivity index (χ4v) is 3.72. The van der Waals surface area contributed by atoms with Crippen LogP contribution in [0.4, 0.5) is 11.4 Å². The molecule has 0 saturated carbocycles. The van der Waals surface area contributed by atoms with Crippen LogP contribution in [0.5, 0.6) is 0 Å². The second kappa shape index (κ2) is 7.39. The highest BCUT2D eigenvalue weighted by molar-refractivity contribution is 7.90. The van der Waals surface area contributed by atoms with Crippen LogP contribution in [0, 0.1) is 24.0 Å². The Bertz CT molecular complexity index is 1140. The number of sulfone groups is 1. The lowest BCUT2D eigenvalue weighted by Gasteiger charge is -2.10. The highest BCUT2D eigenvalue weighted by Crippen LogP contribution is 2.32. The van der Waals surface area contributed by atoms with Crippen molar-refractivity contribution in [3.05, 3.63) is 69.7 Å². The lowest BCUT2D eigenvalue weighted by atomic mass is 10.2. The van der Waals surface area contributed by atoms with Gasteiger partial charge in [0.2, 0.25) is 0 Å². The standard InChI is InChI=1S/C18H19N5O4S/c1-12-9-13(2)22(21-12)17-8-7-14(11-20-17)10-19-15-5-4-6-16(28(3,26)27)18(15)23(24)25/h4-9,11,19H,10H2,1-3H3. The van der Waals surface area contributed by atoms with E-state index in [4.69, 9.17) is 0 Å². The molecule has 146 valence electrons. The molecule has 0 fully saturated rings. The number of hydrogen-bond acceptors (Lipinski definition) is 7. The Kier molecular flexibility index (Phi) is 5.14. The van der Waals surface area contributed by atoms with Crippen LogP contribution in [0.15, 0.2) is 47.5 Å². The molecule has 0 radical (unpaired) electrons. The zero-order valence-corrected chi connectivity index (χ0v) is 16.4. The minimum atomic E-state index is -3.73. The van der Waals surface area contributed by atoms with E-state index < -0.39 is 20.4 Å². The summed E-state index contributed by atoms with van der Waals surface area (Å²) in [6.45, 7) is 4.09. The molecule has 1 N–H and O–H groups in total. The Morgan fingerprint density at radius 2 is 1.96 bits per heavy atom. The number of hydrogen-bond donors (Lipinski definition) is 1. The van der Waals surface area contributed by atoms with Gasteiger partial charge in [0.05, 0.1) is 10.6 Å². The second-order valence-corrected chi connectivity index (χ2v) is 8.38. The van der Waals surface area contributed by atoms with Gasteiger partial charge in [-0.1, -0.05) is 12.1 Å². The molecule has 10 heteroatoms. The maximum atomic E-state index is 11.8. The quantitative estimate of drug-likeness (QED) is 0.498. The van der Waals surface area contributed by atoms with Crippen molar-refractivity contribution in [1.29, 1.82) is 0 Å². The number of nitro benzene ring substituents is 1. The summed E-state index contributed by atoms with van der Waals surface area (Å²) >= 11 is 0. The monoisotopic (exact) mass is 401 g/mol. The van der Waals surface area contributed by atoms with Crippen molar-refractivity contribution in [2.45, 2.75) is 25.3 Å². The molecular weight excluding hydrogens is 382 g/mol. The number of aromatic nitrogens is 3. The first-order valence-electron chi connectivity index (χ1n) is 8.36. The van der Waals surface area contributed by atoms with Gasteiger partial charge in [0.25, 0.3) is 0 Å². The van der Waals surface area contributed by atoms with Crippen molar-refractivity contribution >= 4 is 21.2 Å². The van der Waals surface area contributed by atoms with Crippen LogP contribution in [0.25, 0.3) is 5.82 Å². The molecule has 0 aliphatic carbocycles. The molecule has 1 aromatic carbocycles. The molecule has 0 aliphatic rings. The topological polar surface area (TPSA) is 120 Å². The predicted molar refractivity (Wildman–Crippen MR) is 104 cm³/mol. The Morgan fingerprint density at radius 3 is 2.50 bits per heavy atom. The summed E-state index contributed by atoms with van der Waals surface area (Å²) < 4.78 is 25.4. The van der Waals surface area contributed by atoms with Gasteiger partial charge in [-0.05, 0) is 43.7 Å². The third-order valence-electron chi connectivity index (χ3n) is 4.10. The summed E-state index contributed by atoms with van der Waals surface area (Å²) in [5.74, 6) is 0.666. The summed E-state index contributed by atoms with van der Waals surface area (Å²) in [5.41, 5.74) is 2.31. The third kappa shape index (κ3) is 4.01. The highest BCUT2D eigenvalue weighted by Gasteiger charge is 2.25. The smallest absolute Gasteiger partial charge is 0.310 e. The van der Waals surface area contributed by atoms with Crippen LogP contribution in [0.1, 0.15) is 17.0 Å². The van der Waals surface area contributed by atoms with E-state index in [1.165, 1.54) is 18.2 Å². The minimum Gasteiger partial charge on any atom is -0.375 e. The number of anilines is 1. The number of nitrogens with zero attached hydrogens (tertiary/aromatic N) is 4. The van der Waals surface area contributed by atoms with Crippen LogP contribution in [0.3, 0.4) is 0 Å². The minimum absolute atomic E-state index is 0.135. The molecule has 2 aromatic heterocycles. The Morgan fingerprint density at radius 1 is 1.21 bits per heavy atom.